The maximum absolute atomic E-state index is 12.3. The van der Waals surface area contributed by atoms with Gasteiger partial charge in [0.1, 0.15) is 11.3 Å². The molecule has 1 aromatic rings. The summed E-state index contributed by atoms with van der Waals surface area (Å²) in [7, 11) is 0. The lowest BCUT2D eigenvalue weighted by Crippen LogP contribution is -2.55. The summed E-state index contributed by atoms with van der Waals surface area (Å²) in [6.45, 7) is 0.806. The highest BCUT2D eigenvalue weighted by atomic mass is 16.3. The predicted octanol–water partition coefficient (Wildman–Crippen LogP) is 0.135. The van der Waals surface area contributed by atoms with E-state index in [1.54, 1.807) is 29.2 Å². The Balaban J connectivity index is 1.62. The quantitative estimate of drug-likeness (QED) is 0.677. The normalized spacial score (nSPS) is 19.9. The molecule has 116 valence electrons. The van der Waals surface area contributed by atoms with Gasteiger partial charge in [0.15, 0.2) is 0 Å². The van der Waals surface area contributed by atoms with E-state index in [2.05, 4.69) is 10.6 Å². The first-order valence-corrected chi connectivity index (χ1v) is 7.18. The van der Waals surface area contributed by atoms with Gasteiger partial charge < -0.3 is 15.3 Å². The van der Waals surface area contributed by atoms with Crippen LogP contribution in [0.3, 0.4) is 0 Å². The smallest absolute Gasteiger partial charge is 0.322 e. The number of imide groups is 1. The van der Waals surface area contributed by atoms with E-state index in [1.165, 1.54) is 0 Å². The van der Waals surface area contributed by atoms with Gasteiger partial charge in [-0.1, -0.05) is 18.2 Å². The van der Waals surface area contributed by atoms with Crippen molar-refractivity contribution in [3.05, 3.63) is 29.8 Å². The average molecular weight is 303 g/mol. The lowest BCUT2D eigenvalue weighted by atomic mass is 9.87. The number of piperidine rings is 1. The largest absolute Gasteiger partial charge is 0.508 e. The first-order chi connectivity index (χ1) is 10.5. The molecule has 4 amide bonds. The Labute approximate surface area is 127 Å². The molecule has 0 radical (unpaired) electrons. The second-order valence-corrected chi connectivity index (χ2v) is 5.68. The fraction of sp³-hybridized carbons (Fsp3) is 0.400. The number of hydrogen-bond donors (Lipinski definition) is 3. The molecule has 2 aliphatic heterocycles. The molecule has 0 unspecified atom stereocenters. The van der Waals surface area contributed by atoms with E-state index in [9.17, 15) is 19.5 Å². The van der Waals surface area contributed by atoms with Crippen molar-refractivity contribution in [1.29, 1.82) is 0 Å². The Hall–Kier alpha value is -2.57. The molecule has 22 heavy (non-hydrogen) atoms. The number of hydrogen-bond acceptors (Lipinski definition) is 4. The molecule has 2 heterocycles. The minimum absolute atomic E-state index is 0.0962. The zero-order valence-corrected chi connectivity index (χ0v) is 12.0. The van der Waals surface area contributed by atoms with Gasteiger partial charge in [-0.3, -0.25) is 14.9 Å². The number of aromatic hydroxyl groups is 1. The van der Waals surface area contributed by atoms with Gasteiger partial charge in [0.2, 0.25) is 5.91 Å². The number of urea groups is 1. The van der Waals surface area contributed by atoms with Gasteiger partial charge in [-0.15, -0.1) is 0 Å². The van der Waals surface area contributed by atoms with Crippen LogP contribution >= 0.6 is 0 Å². The van der Waals surface area contributed by atoms with Crippen molar-refractivity contribution >= 4 is 17.8 Å². The van der Waals surface area contributed by atoms with Gasteiger partial charge in [-0.25, -0.2) is 4.79 Å². The van der Waals surface area contributed by atoms with Crippen molar-refractivity contribution in [2.45, 2.75) is 24.8 Å². The minimum atomic E-state index is -0.872. The van der Waals surface area contributed by atoms with E-state index in [1.807, 2.05) is 0 Å². The van der Waals surface area contributed by atoms with Gasteiger partial charge >= 0.3 is 6.03 Å². The molecule has 3 N–H and O–H groups in total. The van der Waals surface area contributed by atoms with E-state index in [-0.39, 0.29) is 24.0 Å². The molecule has 1 spiro atoms. The van der Waals surface area contributed by atoms with Crippen molar-refractivity contribution in [2.75, 3.05) is 13.1 Å². The SMILES string of the molecule is O=C1NC(=O)C2(CCN(C(=O)Cc3ccccc3O)CC2)N1. The maximum atomic E-state index is 12.3. The molecular weight excluding hydrogens is 286 g/mol. The molecule has 0 aromatic heterocycles. The molecule has 2 aliphatic rings. The van der Waals surface area contributed by atoms with Crippen LogP contribution in [0.25, 0.3) is 0 Å². The van der Waals surface area contributed by atoms with Gasteiger partial charge in [0.05, 0.1) is 6.42 Å². The second-order valence-electron chi connectivity index (χ2n) is 5.68. The fourth-order valence-corrected chi connectivity index (χ4v) is 2.95. The zero-order valence-electron chi connectivity index (χ0n) is 12.0. The van der Waals surface area contributed by atoms with Crippen LogP contribution in [0.2, 0.25) is 0 Å². The topological polar surface area (TPSA) is 98.7 Å². The summed E-state index contributed by atoms with van der Waals surface area (Å²) in [4.78, 5) is 37.1. The van der Waals surface area contributed by atoms with E-state index >= 15 is 0 Å². The third-order valence-electron chi connectivity index (χ3n) is 4.32. The van der Waals surface area contributed by atoms with Gasteiger partial charge in [0.25, 0.3) is 5.91 Å². The van der Waals surface area contributed by atoms with Crippen LogP contribution in [-0.2, 0) is 16.0 Å². The number of carbonyl (C=O) groups is 3. The number of para-hydroxylation sites is 1. The van der Waals surface area contributed by atoms with E-state index in [0.717, 1.165) is 0 Å². The fourth-order valence-electron chi connectivity index (χ4n) is 2.95. The van der Waals surface area contributed by atoms with Crippen molar-refractivity contribution in [2.24, 2.45) is 0 Å². The Kier molecular flexibility index (Phi) is 3.48. The van der Waals surface area contributed by atoms with Gasteiger partial charge in [-0.05, 0) is 18.9 Å². The number of nitrogens with one attached hydrogen (secondary N) is 2. The minimum Gasteiger partial charge on any atom is -0.508 e. The molecule has 0 saturated carbocycles. The third-order valence-corrected chi connectivity index (χ3v) is 4.32. The summed E-state index contributed by atoms with van der Waals surface area (Å²) >= 11 is 0. The molecule has 7 heteroatoms. The molecular formula is C15H17N3O4. The van der Waals surface area contributed by atoms with Crippen LogP contribution in [0.15, 0.2) is 24.3 Å². The summed E-state index contributed by atoms with van der Waals surface area (Å²) in [5, 5.41) is 14.6. The number of phenolic OH excluding ortho intramolecular Hbond substituents is 1. The standard InChI is InChI=1S/C15H17N3O4/c19-11-4-2-1-3-10(11)9-12(20)18-7-5-15(6-8-18)13(21)16-14(22)17-15/h1-4,19H,5-9H2,(H2,16,17,21,22). The van der Waals surface area contributed by atoms with Gasteiger partial charge in [0, 0.05) is 18.7 Å². The van der Waals surface area contributed by atoms with Crippen molar-refractivity contribution in [3.63, 3.8) is 0 Å². The Bertz CT molecular complexity index is 635. The highest BCUT2D eigenvalue weighted by molar-refractivity contribution is 6.07. The van der Waals surface area contributed by atoms with Crippen molar-refractivity contribution in [3.8, 4) is 5.75 Å². The molecule has 0 aliphatic carbocycles. The number of benzene rings is 1. The van der Waals surface area contributed by atoms with Crippen LogP contribution in [-0.4, -0.2) is 46.5 Å². The molecule has 1 aromatic carbocycles. The summed E-state index contributed by atoms with van der Waals surface area (Å²) in [5.74, 6) is -0.307. The Morgan fingerprint density at radius 3 is 2.50 bits per heavy atom. The van der Waals surface area contributed by atoms with Crippen LogP contribution < -0.4 is 10.6 Å². The Morgan fingerprint density at radius 2 is 1.91 bits per heavy atom. The third kappa shape index (κ3) is 2.49. The average Bonchev–Trinajstić information content (AvgIpc) is 2.76. The summed E-state index contributed by atoms with van der Waals surface area (Å²) < 4.78 is 0. The van der Waals surface area contributed by atoms with Crippen LogP contribution in [0.5, 0.6) is 5.75 Å². The number of nitrogens with zero attached hydrogens (tertiary/aromatic N) is 1. The van der Waals surface area contributed by atoms with Crippen molar-refractivity contribution in [1.82, 2.24) is 15.5 Å². The number of rotatable bonds is 2. The monoisotopic (exact) mass is 303 g/mol. The number of carbonyl (C=O) groups excluding carboxylic acids is 3. The summed E-state index contributed by atoms with van der Waals surface area (Å²) in [6.07, 6.45) is 0.923. The molecule has 2 saturated heterocycles. The number of likely N-dealkylation sites (tertiary alicyclic amines) is 1. The molecule has 3 rings (SSSR count). The molecule has 7 nitrogen and oxygen atoms in total. The summed E-state index contributed by atoms with van der Waals surface area (Å²) in [6, 6.07) is 6.26. The Morgan fingerprint density at radius 1 is 1.23 bits per heavy atom. The number of phenols is 1. The van der Waals surface area contributed by atoms with E-state index < -0.39 is 11.6 Å². The highest BCUT2D eigenvalue weighted by Gasteiger charge is 2.48. The predicted molar refractivity (Wildman–Crippen MR) is 77.0 cm³/mol. The van der Waals surface area contributed by atoms with Crippen LogP contribution in [0.1, 0.15) is 18.4 Å². The van der Waals surface area contributed by atoms with E-state index in [4.69, 9.17) is 0 Å². The van der Waals surface area contributed by atoms with Crippen molar-refractivity contribution < 1.29 is 19.5 Å². The zero-order chi connectivity index (χ0) is 15.7. The lowest BCUT2D eigenvalue weighted by molar-refractivity contribution is -0.135. The van der Waals surface area contributed by atoms with Crippen LogP contribution in [0, 0.1) is 0 Å². The number of amides is 4. The van der Waals surface area contributed by atoms with Gasteiger partial charge in [-0.2, -0.15) is 0 Å². The van der Waals surface area contributed by atoms with Crippen LogP contribution in [0.4, 0.5) is 4.79 Å². The van der Waals surface area contributed by atoms with E-state index in [0.29, 0.717) is 31.5 Å². The first kappa shape index (κ1) is 14.4. The molecule has 2 fully saturated rings. The lowest BCUT2D eigenvalue weighted by Gasteiger charge is -2.37. The molecule has 0 bridgehead atoms. The summed E-state index contributed by atoms with van der Waals surface area (Å²) in [5.41, 5.74) is -0.289. The second kappa shape index (κ2) is 5.32. The highest BCUT2D eigenvalue weighted by Crippen LogP contribution is 2.26. The maximum Gasteiger partial charge on any atom is 0.322 e. The first-order valence-electron chi connectivity index (χ1n) is 7.18. The molecule has 0 atom stereocenters.